The Balaban J connectivity index is 2.22. The van der Waals surface area contributed by atoms with Gasteiger partial charge in [0, 0.05) is 5.92 Å². The molecule has 0 spiro atoms. The summed E-state index contributed by atoms with van der Waals surface area (Å²) in [5.41, 5.74) is 12.7. The van der Waals surface area contributed by atoms with Crippen LogP contribution in [0.2, 0.25) is 0 Å². The van der Waals surface area contributed by atoms with Crippen molar-refractivity contribution in [3.8, 4) is 0 Å². The molecular formula is C13H19F2N3. The molecule has 3 unspecified atom stereocenters. The minimum Gasteiger partial charge on any atom is -0.315 e. The van der Waals surface area contributed by atoms with Crippen LogP contribution in [0.3, 0.4) is 0 Å². The van der Waals surface area contributed by atoms with Crippen LogP contribution in [0.1, 0.15) is 31.9 Å². The Morgan fingerprint density at radius 2 is 1.94 bits per heavy atom. The third kappa shape index (κ3) is 2.68. The normalized spacial score (nSPS) is 28.0. The topological polar surface area (TPSA) is 50.1 Å². The first kappa shape index (κ1) is 13.4. The van der Waals surface area contributed by atoms with Gasteiger partial charge in [-0.2, -0.15) is 0 Å². The van der Waals surface area contributed by atoms with Gasteiger partial charge in [0.15, 0.2) is 11.6 Å². The SMILES string of the molecule is CC(C)CC1C(N)NNC1c1ccc(F)c(F)c1. The second kappa shape index (κ2) is 5.30. The highest BCUT2D eigenvalue weighted by Gasteiger charge is 2.35. The number of nitrogens with two attached hydrogens (primary N) is 1. The molecule has 1 fully saturated rings. The minimum atomic E-state index is -0.825. The molecule has 0 saturated carbocycles. The number of hydrogen-bond donors (Lipinski definition) is 3. The van der Waals surface area contributed by atoms with E-state index in [0.29, 0.717) is 5.92 Å². The fourth-order valence-corrected chi connectivity index (χ4v) is 2.47. The van der Waals surface area contributed by atoms with E-state index in [2.05, 4.69) is 24.7 Å². The summed E-state index contributed by atoms with van der Waals surface area (Å²) in [6, 6.07) is 3.91. The summed E-state index contributed by atoms with van der Waals surface area (Å²) < 4.78 is 26.2. The molecule has 4 N–H and O–H groups in total. The van der Waals surface area contributed by atoms with E-state index in [1.807, 2.05) is 0 Å². The van der Waals surface area contributed by atoms with Crippen molar-refractivity contribution in [3.05, 3.63) is 35.4 Å². The van der Waals surface area contributed by atoms with Crippen LogP contribution < -0.4 is 16.6 Å². The van der Waals surface area contributed by atoms with Crippen molar-refractivity contribution < 1.29 is 8.78 Å². The van der Waals surface area contributed by atoms with Gasteiger partial charge in [0.05, 0.1) is 12.2 Å². The van der Waals surface area contributed by atoms with Crippen molar-refractivity contribution in [3.63, 3.8) is 0 Å². The molecule has 0 bridgehead atoms. The Morgan fingerprint density at radius 3 is 2.56 bits per heavy atom. The van der Waals surface area contributed by atoms with Gasteiger partial charge in [-0.1, -0.05) is 19.9 Å². The summed E-state index contributed by atoms with van der Waals surface area (Å²) in [4.78, 5) is 0. The summed E-state index contributed by atoms with van der Waals surface area (Å²) in [5.74, 6) is -0.988. The average molecular weight is 255 g/mol. The van der Waals surface area contributed by atoms with E-state index in [9.17, 15) is 8.78 Å². The van der Waals surface area contributed by atoms with Gasteiger partial charge in [-0.15, -0.1) is 0 Å². The van der Waals surface area contributed by atoms with E-state index in [1.54, 1.807) is 6.07 Å². The van der Waals surface area contributed by atoms with Gasteiger partial charge < -0.3 is 5.73 Å². The maximum atomic E-state index is 13.3. The van der Waals surface area contributed by atoms with Crippen LogP contribution in [0.4, 0.5) is 8.78 Å². The zero-order valence-electron chi connectivity index (χ0n) is 10.6. The van der Waals surface area contributed by atoms with Gasteiger partial charge in [0.2, 0.25) is 0 Å². The maximum Gasteiger partial charge on any atom is 0.159 e. The molecule has 1 aromatic carbocycles. The van der Waals surface area contributed by atoms with E-state index < -0.39 is 11.6 Å². The Kier molecular flexibility index (Phi) is 3.94. The third-order valence-corrected chi connectivity index (χ3v) is 3.34. The van der Waals surface area contributed by atoms with Crippen LogP contribution in [-0.4, -0.2) is 6.17 Å². The van der Waals surface area contributed by atoms with Crippen molar-refractivity contribution in [2.75, 3.05) is 0 Å². The Hall–Kier alpha value is -1.04. The lowest BCUT2D eigenvalue weighted by atomic mass is 9.86. The summed E-state index contributed by atoms with van der Waals surface area (Å²) in [5, 5.41) is 0. The number of hydrazine groups is 1. The summed E-state index contributed by atoms with van der Waals surface area (Å²) in [6.07, 6.45) is 0.746. The van der Waals surface area contributed by atoms with Crippen molar-refractivity contribution in [1.29, 1.82) is 0 Å². The highest BCUT2D eigenvalue weighted by Crippen LogP contribution is 2.32. The van der Waals surface area contributed by atoms with E-state index in [4.69, 9.17) is 5.73 Å². The molecule has 2 rings (SSSR count). The molecule has 3 atom stereocenters. The van der Waals surface area contributed by atoms with Gasteiger partial charge in [0.1, 0.15) is 0 Å². The van der Waals surface area contributed by atoms with Gasteiger partial charge in [-0.25, -0.2) is 19.6 Å². The molecule has 0 aliphatic carbocycles. The molecule has 100 valence electrons. The maximum absolute atomic E-state index is 13.3. The van der Waals surface area contributed by atoms with E-state index in [0.717, 1.165) is 18.1 Å². The van der Waals surface area contributed by atoms with Crippen LogP contribution in [0.25, 0.3) is 0 Å². The van der Waals surface area contributed by atoms with Crippen LogP contribution in [-0.2, 0) is 0 Å². The highest BCUT2D eigenvalue weighted by molar-refractivity contribution is 5.23. The molecule has 1 heterocycles. The fraction of sp³-hybridized carbons (Fsp3) is 0.538. The minimum absolute atomic E-state index is 0.0856. The molecule has 18 heavy (non-hydrogen) atoms. The van der Waals surface area contributed by atoms with Crippen molar-refractivity contribution in [2.45, 2.75) is 32.5 Å². The van der Waals surface area contributed by atoms with Gasteiger partial charge in [-0.3, -0.25) is 0 Å². The van der Waals surface area contributed by atoms with Gasteiger partial charge in [-0.05, 0) is 30.0 Å². The second-order valence-electron chi connectivity index (χ2n) is 5.26. The third-order valence-electron chi connectivity index (χ3n) is 3.34. The summed E-state index contributed by atoms with van der Waals surface area (Å²) in [7, 11) is 0. The fourth-order valence-electron chi connectivity index (χ4n) is 2.47. The molecule has 0 amide bonds. The lowest BCUT2D eigenvalue weighted by Crippen LogP contribution is -2.39. The summed E-state index contributed by atoms with van der Waals surface area (Å²) in [6.45, 7) is 4.24. The Bertz CT molecular complexity index is 423. The largest absolute Gasteiger partial charge is 0.315 e. The van der Waals surface area contributed by atoms with Crippen molar-refractivity contribution in [2.24, 2.45) is 17.6 Å². The van der Waals surface area contributed by atoms with Crippen LogP contribution in [0, 0.1) is 23.5 Å². The first-order chi connectivity index (χ1) is 8.49. The Labute approximate surface area is 106 Å². The van der Waals surface area contributed by atoms with Crippen molar-refractivity contribution >= 4 is 0 Å². The number of rotatable bonds is 3. The second-order valence-corrected chi connectivity index (χ2v) is 5.26. The Morgan fingerprint density at radius 1 is 1.22 bits per heavy atom. The van der Waals surface area contributed by atoms with Gasteiger partial charge in [0.25, 0.3) is 0 Å². The number of halogens is 2. The highest BCUT2D eigenvalue weighted by atomic mass is 19.2. The molecule has 5 heteroatoms. The van der Waals surface area contributed by atoms with Gasteiger partial charge >= 0.3 is 0 Å². The molecule has 0 aromatic heterocycles. The number of benzene rings is 1. The zero-order valence-corrected chi connectivity index (χ0v) is 10.6. The van der Waals surface area contributed by atoms with E-state index in [-0.39, 0.29) is 18.1 Å². The lowest BCUT2D eigenvalue weighted by Gasteiger charge is -2.23. The van der Waals surface area contributed by atoms with Crippen LogP contribution in [0.15, 0.2) is 18.2 Å². The predicted molar refractivity (Wildman–Crippen MR) is 66.3 cm³/mol. The first-order valence-electron chi connectivity index (χ1n) is 6.20. The molecular weight excluding hydrogens is 236 g/mol. The molecule has 1 saturated heterocycles. The smallest absolute Gasteiger partial charge is 0.159 e. The van der Waals surface area contributed by atoms with Crippen LogP contribution in [0.5, 0.6) is 0 Å². The van der Waals surface area contributed by atoms with Crippen LogP contribution >= 0.6 is 0 Å². The molecule has 0 radical (unpaired) electrons. The molecule has 3 nitrogen and oxygen atoms in total. The molecule has 1 aromatic rings. The predicted octanol–water partition coefficient (Wildman–Crippen LogP) is 2.06. The number of hydrogen-bond acceptors (Lipinski definition) is 3. The standard InChI is InChI=1S/C13H19F2N3/c1-7(2)5-9-12(17-18-13(9)16)8-3-4-10(14)11(15)6-8/h3-4,6-7,9,12-13,17-18H,5,16H2,1-2H3. The average Bonchev–Trinajstić information content (AvgIpc) is 2.64. The molecule has 1 aliphatic rings. The van der Waals surface area contributed by atoms with E-state index >= 15 is 0 Å². The zero-order chi connectivity index (χ0) is 13.3. The lowest BCUT2D eigenvalue weighted by molar-refractivity contribution is 0.343. The monoisotopic (exact) mass is 255 g/mol. The van der Waals surface area contributed by atoms with Crippen molar-refractivity contribution in [1.82, 2.24) is 10.9 Å². The molecule has 1 aliphatic heterocycles. The number of nitrogens with one attached hydrogen (secondary N) is 2. The quantitative estimate of drug-likeness (QED) is 0.775. The van der Waals surface area contributed by atoms with E-state index in [1.165, 1.54) is 6.07 Å². The first-order valence-corrected chi connectivity index (χ1v) is 6.20. The summed E-state index contributed by atoms with van der Waals surface area (Å²) >= 11 is 0.